The van der Waals surface area contributed by atoms with E-state index in [0.29, 0.717) is 0 Å². The van der Waals surface area contributed by atoms with Crippen LogP contribution in [0, 0.1) is 0 Å². The average Bonchev–Trinajstić information content (AvgIpc) is 2.62. The van der Waals surface area contributed by atoms with Gasteiger partial charge in [-0.1, -0.05) is 0 Å². The second kappa shape index (κ2) is 1.34. The summed E-state index contributed by atoms with van der Waals surface area (Å²) in [5, 5.41) is 1.16. The highest BCUT2D eigenvalue weighted by atomic mass is 16.1. The molecule has 2 aromatic heterocycles. The molecule has 0 spiro atoms. The van der Waals surface area contributed by atoms with Gasteiger partial charge in [-0.15, -0.1) is 0 Å². The summed E-state index contributed by atoms with van der Waals surface area (Å²) in [5.41, 5.74) is 1.88. The Bertz CT molecular complexity index is 554. The summed E-state index contributed by atoms with van der Waals surface area (Å²) in [6.07, 6.45) is 3.03. The van der Waals surface area contributed by atoms with E-state index in [-0.39, 0.29) is 5.56 Å². The average molecular weight is 144 g/mol. The first-order valence-corrected chi connectivity index (χ1v) is 3.37. The van der Waals surface area contributed by atoms with Crippen LogP contribution < -0.4 is 5.56 Å². The van der Waals surface area contributed by atoms with Crippen molar-refractivity contribution in [2.45, 2.75) is 0 Å². The van der Waals surface area contributed by atoms with Crippen LogP contribution in [0.4, 0.5) is 0 Å². The summed E-state index contributed by atoms with van der Waals surface area (Å²) in [6, 6.07) is 3.94. The lowest BCUT2D eigenvalue weighted by atomic mass is 10.5. The highest BCUT2D eigenvalue weighted by Gasteiger charge is 2.10. The Morgan fingerprint density at radius 3 is 3.00 bits per heavy atom. The summed E-state index contributed by atoms with van der Waals surface area (Å²) < 4.78 is 1.67. The van der Waals surface area contributed by atoms with Crippen LogP contribution in [-0.2, 0) is 0 Å². The Morgan fingerprint density at radius 2 is 2.18 bits per heavy atom. The van der Waals surface area contributed by atoms with Gasteiger partial charge in [-0.2, -0.15) is 0 Å². The fourth-order valence-corrected chi connectivity index (χ4v) is 1.36. The predicted molar refractivity (Wildman–Crippen MR) is 41.3 cm³/mol. The molecule has 0 saturated heterocycles. The molecule has 0 aliphatic heterocycles. The molecule has 11 heavy (non-hydrogen) atoms. The number of hydrogen-bond acceptors (Lipinski definition) is 2. The maximum absolute atomic E-state index is 11.2. The van der Waals surface area contributed by atoms with Crippen LogP contribution >= 0.6 is 0 Å². The van der Waals surface area contributed by atoms with Gasteiger partial charge in [-0.25, -0.2) is 0 Å². The van der Waals surface area contributed by atoms with Crippen LogP contribution in [-0.4, -0.2) is 9.38 Å². The van der Waals surface area contributed by atoms with Crippen molar-refractivity contribution in [3.63, 3.8) is 0 Å². The molecule has 1 aromatic carbocycles. The van der Waals surface area contributed by atoms with E-state index >= 15 is 0 Å². The van der Waals surface area contributed by atoms with Crippen molar-refractivity contribution >= 4 is 16.4 Å². The van der Waals surface area contributed by atoms with Gasteiger partial charge >= 0.3 is 0 Å². The van der Waals surface area contributed by atoms with Gasteiger partial charge in [0.2, 0.25) is 0 Å². The van der Waals surface area contributed by atoms with Gasteiger partial charge in [0.15, 0.2) is 0 Å². The first kappa shape index (κ1) is 5.07. The van der Waals surface area contributed by atoms with E-state index < -0.39 is 0 Å². The number of nitrogens with zero attached hydrogens (tertiary/aromatic N) is 2. The van der Waals surface area contributed by atoms with Crippen molar-refractivity contribution in [3.05, 3.63) is 34.9 Å². The van der Waals surface area contributed by atoms with E-state index in [2.05, 4.69) is 4.98 Å². The van der Waals surface area contributed by atoms with Crippen LogP contribution in [0.5, 0.6) is 0 Å². The lowest BCUT2D eigenvalue weighted by molar-refractivity contribution is 1.11. The summed E-state index contributed by atoms with van der Waals surface area (Å²) in [7, 11) is 0. The van der Waals surface area contributed by atoms with Gasteiger partial charge in [-0.05, 0) is 12.1 Å². The van der Waals surface area contributed by atoms with Crippen molar-refractivity contribution in [1.29, 1.82) is 0 Å². The quantitative estimate of drug-likeness (QED) is 0.466. The molecule has 3 nitrogen and oxygen atoms in total. The van der Waals surface area contributed by atoms with Crippen molar-refractivity contribution in [3.8, 4) is 0 Å². The Morgan fingerprint density at radius 1 is 1.27 bits per heavy atom. The summed E-state index contributed by atoms with van der Waals surface area (Å²) in [6.45, 7) is 0. The summed E-state index contributed by atoms with van der Waals surface area (Å²) in [4.78, 5) is 15.0. The van der Waals surface area contributed by atoms with Crippen molar-refractivity contribution in [2.24, 2.45) is 0 Å². The Kier molecular flexibility index (Phi) is 0.619. The van der Waals surface area contributed by atoms with Gasteiger partial charge in [-0.3, -0.25) is 14.2 Å². The standard InChI is InChI=1S/C8H4N2O/c11-8-4-9-3-6-1-5-2-7(5)10(6)8/h1-4H. The second-order valence-electron chi connectivity index (χ2n) is 2.64. The first-order valence-electron chi connectivity index (χ1n) is 3.37. The van der Waals surface area contributed by atoms with E-state index in [1.54, 1.807) is 10.6 Å². The lowest BCUT2D eigenvalue weighted by Crippen LogP contribution is -2.09. The van der Waals surface area contributed by atoms with Crippen molar-refractivity contribution in [1.82, 2.24) is 9.38 Å². The van der Waals surface area contributed by atoms with Crippen LogP contribution in [0.2, 0.25) is 0 Å². The van der Waals surface area contributed by atoms with E-state index in [0.717, 1.165) is 16.4 Å². The molecule has 0 saturated carbocycles. The predicted octanol–water partition coefficient (Wildman–Crippen LogP) is 0.723. The largest absolute Gasteiger partial charge is 0.274 e. The summed E-state index contributed by atoms with van der Waals surface area (Å²) in [5.74, 6) is 0. The number of rotatable bonds is 0. The van der Waals surface area contributed by atoms with E-state index in [9.17, 15) is 4.79 Å². The molecular weight excluding hydrogens is 140 g/mol. The third-order valence-corrected chi connectivity index (χ3v) is 1.92. The topological polar surface area (TPSA) is 34.4 Å². The fraction of sp³-hybridized carbons (Fsp3) is 0. The second-order valence-corrected chi connectivity index (χ2v) is 2.64. The van der Waals surface area contributed by atoms with Gasteiger partial charge in [0.05, 0.1) is 23.4 Å². The van der Waals surface area contributed by atoms with E-state index in [1.165, 1.54) is 6.20 Å². The molecule has 0 radical (unpaired) electrons. The molecule has 0 aliphatic carbocycles. The van der Waals surface area contributed by atoms with Crippen molar-refractivity contribution in [2.75, 3.05) is 0 Å². The zero-order valence-electron chi connectivity index (χ0n) is 5.61. The molecule has 3 rings (SSSR count). The van der Waals surface area contributed by atoms with Gasteiger partial charge in [0.25, 0.3) is 5.56 Å². The zero-order chi connectivity index (χ0) is 7.42. The normalized spacial score (nSPS) is 12.0. The van der Waals surface area contributed by atoms with Crippen molar-refractivity contribution < 1.29 is 0 Å². The van der Waals surface area contributed by atoms with Crippen LogP contribution in [0.25, 0.3) is 16.4 Å². The molecule has 0 atom stereocenters. The van der Waals surface area contributed by atoms with Gasteiger partial charge < -0.3 is 0 Å². The number of hydrogen-bond donors (Lipinski definition) is 0. The molecule has 0 bridgehead atoms. The molecule has 0 aliphatic rings. The van der Waals surface area contributed by atoms with Gasteiger partial charge in [0.1, 0.15) is 0 Å². The molecule has 0 amide bonds. The molecule has 52 valence electrons. The molecule has 3 aromatic rings. The Hall–Kier alpha value is -1.64. The maximum atomic E-state index is 11.2. The fourth-order valence-electron chi connectivity index (χ4n) is 1.36. The third kappa shape index (κ3) is 0.487. The van der Waals surface area contributed by atoms with Gasteiger partial charge in [0, 0.05) is 5.39 Å². The van der Waals surface area contributed by atoms with E-state index in [4.69, 9.17) is 0 Å². The van der Waals surface area contributed by atoms with Crippen LogP contribution in [0.3, 0.4) is 0 Å². The first-order chi connectivity index (χ1) is 5.36. The maximum Gasteiger partial charge on any atom is 0.274 e. The molecular formula is C8H4N2O. The molecule has 0 unspecified atom stereocenters. The van der Waals surface area contributed by atoms with E-state index in [1.807, 2.05) is 12.1 Å². The molecule has 0 fully saturated rings. The Labute approximate surface area is 61.6 Å². The minimum absolute atomic E-state index is 0.0440. The number of pyridine rings is 1. The third-order valence-electron chi connectivity index (χ3n) is 1.92. The minimum atomic E-state index is -0.0440. The molecule has 3 heteroatoms. The van der Waals surface area contributed by atoms with Crippen LogP contribution in [0.1, 0.15) is 0 Å². The SMILES string of the molecule is O=c1cncc2cc3cc3n12. The monoisotopic (exact) mass is 144 g/mol. The zero-order valence-corrected chi connectivity index (χ0v) is 5.61. The molecule has 0 N–H and O–H groups in total. The Balaban J connectivity index is 2.78. The summed E-state index contributed by atoms with van der Waals surface area (Å²) >= 11 is 0. The highest BCUT2D eigenvalue weighted by Crippen LogP contribution is 2.25. The van der Waals surface area contributed by atoms with Crippen LogP contribution in [0.15, 0.2) is 29.3 Å². The molecule has 2 heterocycles. The smallest absolute Gasteiger partial charge is 0.274 e. The lowest BCUT2D eigenvalue weighted by Gasteiger charge is -1.88. The minimum Gasteiger partial charge on any atom is -0.274 e. The number of fused-ring (bicyclic) bond motifs is 3. The highest BCUT2D eigenvalue weighted by molar-refractivity contribution is 6.00. The number of aromatic nitrogens is 2.